The number of hydrogen-bond acceptors (Lipinski definition) is 4. The number of fused-ring (bicyclic) bond motifs is 1. The maximum Gasteiger partial charge on any atom is 0.240 e. The summed E-state index contributed by atoms with van der Waals surface area (Å²) in [4.78, 5) is 16.1. The quantitative estimate of drug-likeness (QED) is 0.781. The van der Waals surface area contributed by atoms with Gasteiger partial charge in [0.25, 0.3) is 0 Å². The second-order valence-electron chi connectivity index (χ2n) is 5.13. The van der Waals surface area contributed by atoms with Crippen LogP contribution in [0.5, 0.6) is 0 Å². The van der Waals surface area contributed by atoms with Crippen molar-refractivity contribution >= 4 is 16.9 Å². The molecule has 2 aromatic rings. The highest BCUT2D eigenvalue weighted by molar-refractivity contribution is 5.83. The Balaban J connectivity index is 2.23. The van der Waals surface area contributed by atoms with E-state index < -0.39 is 0 Å². The number of nitrogens with zero attached hydrogens (tertiary/aromatic N) is 3. The first-order valence-electron chi connectivity index (χ1n) is 6.91. The third kappa shape index (κ3) is 3.80. The second kappa shape index (κ2) is 6.86. The van der Waals surface area contributed by atoms with Gasteiger partial charge in [-0.05, 0) is 17.7 Å². The van der Waals surface area contributed by atoms with Gasteiger partial charge in [-0.25, -0.2) is 4.98 Å². The molecule has 6 nitrogen and oxygen atoms in total. The molecule has 0 spiro atoms. The van der Waals surface area contributed by atoms with Crippen LogP contribution in [0.15, 0.2) is 24.5 Å². The van der Waals surface area contributed by atoms with E-state index in [-0.39, 0.29) is 19.0 Å². The lowest BCUT2D eigenvalue weighted by Crippen LogP contribution is -2.27. The van der Waals surface area contributed by atoms with Crippen molar-refractivity contribution in [2.24, 2.45) is 0 Å². The molecule has 0 unspecified atom stereocenters. The molecule has 2 N–H and O–H groups in total. The summed E-state index contributed by atoms with van der Waals surface area (Å²) < 4.78 is 1.82. The summed E-state index contributed by atoms with van der Waals surface area (Å²) in [6.07, 6.45) is 3.66. The van der Waals surface area contributed by atoms with Gasteiger partial charge < -0.3 is 15.2 Å². The molecule has 0 aliphatic rings. The Hall–Kier alpha value is -2.39. The van der Waals surface area contributed by atoms with Crippen molar-refractivity contribution in [1.29, 1.82) is 5.26 Å². The van der Waals surface area contributed by atoms with Gasteiger partial charge in [0, 0.05) is 30.4 Å². The second-order valence-corrected chi connectivity index (χ2v) is 5.13. The van der Waals surface area contributed by atoms with Crippen LogP contribution in [0.2, 0.25) is 0 Å². The van der Waals surface area contributed by atoms with Gasteiger partial charge in [0.2, 0.25) is 5.91 Å². The number of hydrogen-bond donors (Lipinski definition) is 2. The Bertz CT molecular complexity index is 668. The molecule has 1 amide bonds. The summed E-state index contributed by atoms with van der Waals surface area (Å²) >= 11 is 0. The Morgan fingerprint density at radius 2 is 2.33 bits per heavy atom. The largest absolute Gasteiger partial charge is 0.341 e. The van der Waals surface area contributed by atoms with Gasteiger partial charge in [0.15, 0.2) is 0 Å². The lowest BCUT2D eigenvalue weighted by atomic mass is 10.2. The zero-order valence-electron chi connectivity index (χ0n) is 12.3. The maximum atomic E-state index is 11.8. The lowest BCUT2D eigenvalue weighted by Gasteiger charge is -2.06. The number of amides is 1. The number of nitrogens with one attached hydrogen (secondary N) is 2. The summed E-state index contributed by atoms with van der Waals surface area (Å²) in [6, 6.07) is 6.17. The van der Waals surface area contributed by atoms with Crippen LogP contribution in [0.3, 0.4) is 0 Å². The van der Waals surface area contributed by atoms with E-state index in [9.17, 15) is 4.79 Å². The molecule has 0 aromatic carbocycles. The highest BCUT2D eigenvalue weighted by Crippen LogP contribution is 2.19. The molecule has 0 fully saturated rings. The van der Waals surface area contributed by atoms with E-state index in [2.05, 4.69) is 29.5 Å². The van der Waals surface area contributed by atoms with Crippen molar-refractivity contribution in [3.8, 4) is 6.07 Å². The average Bonchev–Trinajstić information content (AvgIpc) is 2.81. The van der Waals surface area contributed by atoms with Crippen molar-refractivity contribution in [2.75, 3.05) is 6.54 Å². The first-order valence-corrected chi connectivity index (χ1v) is 6.91. The molecule has 0 aliphatic carbocycles. The molecule has 0 atom stereocenters. The highest BCUT2D eigenvalue weighted by atomic mass is 16.1. The molecular formula is C15H19N5O. The minimum atomic E-state index is -0.192. The zero-order chi connectivity index (χ0) is 15.2. The monoisotopic (exact) mass is 285 g/mol. The first-order chi connectivity index (χ1) is 10.1. The van der Waals surface area contributed by atoms with Crippen LogP contribution in [0.25, 0.3) is 11.0 Å². The van der Waals surface area contributed by atoms with E-state index >= 15 is 0 Å². The van der Waals surface area contributed by atoms with E-state index in [0.717, 1.165) is 23.1 Å². The van der Waals surface area contributed by atoms with Crippen molar-refractivity contribution < 1.29 is 4.79 Å². The fourth-order valence-corrected chi connectivity index (χ4v) is 2.12. The summed E-state index contributed by atoms with van der Waals surface area (Å²) in [6.45, 7) is 5.09. The van der Waals surface area contributed by atoms with Gasteiger partial charge in [-0.1, -0.05) is 13.8 Å². The van der Waals surface area contributed by atoms with E-state index in [1.54, 1.807) is 6.20 Å². The van der Waals surface area contributed by atoms with Crippen LogP contribution in [0, 0.1) is 11.3 Å². The Morgan fingerprint density at radius 1 is 1.52 bits per heavy atom. The summed E-state index contributed by atoms with van der Waals surface area (Å²) in [5, 5.41) is 15.4. The van der Waals surface area contributed by atoms with Gasteiger partial charge in [0.1, 0.15) is 18.7 Å². The van der Waals surface area contributed by atoms with Crippen molar-refractivity contribution in [3.05, 3.63) is 30.1 Å². The summed E-state index contributed by atoms with van der Waals surface area (Å²) in [7, 11) is 0. The Morgan fingerprint density at radius 3 is 3.05 bits per heavy atom. The molecule has 6 heteroatoms. The molecule has 21 heavy (non-hydrogen) atoms. The van der Waals surface area contributed by atoms with Crippen LogP contribution in [-0.4, -0.2) is 28.0 Å². The summed E-state index contributed by atoms with van der Waals surface area (Å²) in [5.74, 6) is -0.192. The molecule has 0 saturated carbocycles. The highest BCUT2D eigenvalue weighted by Gasteiger charge is 2.11. The van der Waals surface area contributed by atoms with Crippen molar-refractivity contribution in [3.63, 3.8) is 0 Å². The third-order valence-electron chi connectivity index (χ3n) is 3.10. The minimum absolute atomic E-state index is 0.0211. The maximum absolute atomic E-state index is 11.8. The molecule has 0 saturated heterocycles. The predicted molar refractivity (Wildman–Crippen MR) is 80.3 cm³/mol. The Kier molecular flexibility index (Phi) is 4.90. The molecule has 0 aliphatic heterocycles. The number of aromatic nitrogens is 2. The van der Waals surface area contributed by atoms with Crippen LogP contribution in [0.1, 0.15) is 19.4 Å². The molecule has 2 rings (SSSR count). The molecule has 2 aromatic heterocycles. The van der Waals surface area contributed by atoms with E-state index in [0.29, 0.717) is 6.04 Å². The molecular weight excluding hydrogens is 266 g/mol. The van der Waals surface area contributed by atoms with E-state index in [1.165, 1.54) is 0 Å². The third-order valence-corrected chi connectivity index (χ3v) is 3.10. The van der Waals surface area contributed by atoms with Crippen molar-refractivity contribution in [2.45, 2.75) is 33.0 Å². The zero-order valence-corrected chi connectivity index (χ0v) is 12.3. The van der Waals surface area contributed by atoms with Gasteiger partial charge in [-0.15, -0.1) is 0 Å². The van der Waals surface area contributed by atoms with Gasteiger partial charge >= 0.3 is 0 Å². The van der Waals surface area contributed by atoms with Crippen LogP contribution < -0.4 is 10.6 Å². The van der Waals surface area contributed by atoms with Crippen LogP contribution >= 0.6 is 0 Å². The molecule has 0 radical (unpaired) electrons. The first kappa shape index (κ1) is 15.0. The smallest absolute Gasteiger partial charge is 0.240 e. The van der Waals surface area contributed by atoms with Gasteiger partial charge in [-0.3, -0.25) is 4.79 Å². The van der Waals surface area contributed by atoms with Gasteiger partial charge in [0.05, 0.1) is 6.07 Å². The SMILES string of the molecule is CC(C)NCc1cn(CC(=O)NCC#N)c2ncccc12. The number of rotatable bonds is 6. The summed E-state index contributed by atoms with van der Waals surface area (Å²) in [5.41, 5.74) is 1.89. The Labute approximate surface area is 123 Å². The molecule has 2 heterocycles. The van der Waals surface area contributed by atoms with E-state index in [4.69, 9.17) is 5.26 Å². The minimum Gasteiger partial charge on any atom is -0.341 e. The van der Waals surface area contributed by atoms with Gasteiger partial charge in [-0.2, -0.15) is 5.26 Å². The van der Waals surface area contributed by atoms with E-state index in [1.807, 2.05) is 29.0 Å². The fourth-order valence-electron chi connectivity index (χ4n) is 2.12. The number of nitriles is 1. The molecule has 110 valence electrons. The number of carbonyl (C=O) groups is 1. The number of carbonyl (C=O) groups excluding carboxylic acids is 1. The molecule has 0 bridgehead atoms. The van der Waals surface area contributed by atoms with Crippen LogP contribution in [-0.2, 0) is 17.9 Å². The standard InChI is InChI=1S/C15H19N5O/c1-11(2)19-8-12-9-20(10-14(21)17-7-5-16)15-13(12)4-3-6-18-15/h3-4,6,9,11,19H,7-8,10H2,1-2H3,(H,17,21). The fraction of sp³-hybridized carbons (Fsp3) is 0.400. The van der Waals surface area contributed by atoms with Crippen LogP contribution in [0.4, 0.5) is 0 Å². The predicted octanol–water partition coefficient (Wildman–Crippen LogP) is 1.17. The lowest BCUT2D eigenvalue weighted by molar-refractivity contribution is -0.121. The normalized spacial score (nSPS) is 10.8. The average molecular weight is 285 g/mol. The number of pyridine rings is 1. The topological polar surface area (TPSA) is 82.7 Å². The van der Waals surface area contributed by atoms with Crippen molar-refractivity contribution in [1.82, 2.24) is 20.2 Å².